The van der Waals surface area contributed by atoms with Crippen LogP contribution in [0.15, 0.2) is 0 Å². The third-order valence-corrected chi connectivity index (χ3v) is 0.365. The van der Waals surface area contributed by atoms with E-state index < -0.39 is 19.3 Å². The van der Waals surface area contributed by atoms with Gasteiger partial charge in [-0.3, -0.25) is 0 Å². The van der Waals surface area contributed by atoms with Crippen molar-refractivity contribution in [2.45, 2.75) is 6.08 Å². The lowest BCUT2D eigenvalue weighted by molar-refractivity contribution is 0.0450. The molecule has 0 heterocycles. The molecule has 0 fully saturated rings. The second kappa shape index (κ2) is 3.08. The molecule has 0 aliphatic carbocycles. The minimum absolute atomic E-state index is 0.733. The van der Waals surface area contributed by atoms with Crippen molar-refractivity contribution in [1.29, 1.82) is 0 Å². The molecular formula is C3H8O3. The maximum atomic E-state index is 8.30. The van der Waals surface area contributed by atoms with Crippen LogP contribution in [0, 0.1) is 0 Å². The zero-order valence-corrected chi connectivity index (χ0v) is 3.26. The lowest BCUT2D eigenvalue weighted by atomic mass is 10.6. The van der Waals surface area contributed by atoms with Gasteiger partial charge in [0.2, 0.25) is 0 Å². The topological polar surface area (TPSA) is 60.7 Å². The number of hydrogen-bond donors (Lipinski definition) is 3. The fraction of sp³-hybridized carbons (Fsp3) is 1.00. The van der Waals surface area contributed by atoms with Crippen molar-refractivity contribution >= 4 is 0 Å². The van der Waals surface area contributed by atoms with Gasteiger partial charge in [0.25, 0.3) is 0 Å². The van der Waals surface area contributed by atoms with Crippen molar-refractivity contribution in [3.8, 4) is 0 Å². The molecule has 1 atom stereocenters. The Bertz CT molecular complexity index is 48.1. The van der Waals surface area contributed by atoms with Crippen molar-refractivity contribution < 1.29 is 16.7 Å². The van der Waals surface area contributed by atoms with Crippen molar-refractivity contribution in [2.24, 2.45) is 0 Å². The summed E-state index contributed by atoms with van der Waals surface area (Å²) in [5.41, 5.74) is 0. The maximum absolute atomic E-state index is 8.30. The third-order valence-electron chi connectivity index (χ3n) is 0.365. The molecule has 3 heteroatoms. The molecule has 0 rings (SSSR count). The Labute approximate surface area is 37.3 Å². The maximum Gasteiger partial charge on any atom is 0.100 e. The molecule has 0 saturated heterocycles. The molecular weight excluding hydrogens is 85.0 g/mol. The van der Waals surface area contributed by atoms with Gasteiger partial charge in [-0.2, -0.15) is 0 Å². The van der Waals surface area contributed by atoms with Gasteiger partial charge in [-0.05, 0) is 0 Å². The first-order valence-electron chi connectivity index (χ1n) is 2.06. The Hall–Kier alpha value is -0.120. The van der Waals surface area contributed by atoms with Crippen LogP contribution < -0.4 is 0 Å². The Kier molecular flexibility index (Phi) is 2.08. The van der Waals surface area contributed by atoms with E-state index in [1.165, 1.54) is 0 Å². The molecule has 0 aliphatic rings. The van der Waals surface area contributed by atoms with Gasteiger partial charge in [-0.15, -0.1) is 0 Å². The summed E-state index contributed by atoms with van der Waals surface area (Å²) in [5, 5.41) is 24.3. The SMILES string of the molecule is [2H][C@@](O)(CO)[13CH2]O. The average Bonchev–Trinajstić information content (AvgIpc) is 1.68. The minimum Gasteiger partial charge on any atom is -0.394 e. The Balaban J connectivity index is 3.36. The zero-order valence-electron chi connectivity index (χ0n) is 4.26. The van der Waals surface area contributed by atoms with Crippen LogP contribution in [0.3, 0.4) is 0 Å². The van der Waals surface area contributed by atoms with Crippen LogP contribution in [0.1, 0.15) is 1.37 Å². The first-order valence-corrected chi connectivity index (χ1v) is 1.56. The van der Waals surface area contributed by atoms with Gasteiger partial charge in [0.15, 0.2) is 0 Å². The first-order chi connectivity index (χ1) is 3.12. The summed E-state index contributed by atoms with van der Waals surface area (Å²) in [7, 11) is 0. The van der Waals surface area contributed by atoms with Crippen LogP contribution in [0.4, 0.5) is 0 Å². The molecule has 0 aliphatic heterocycles. The largest absolute Gasteiger partial charge is 0.394 e. The summed E-state index contributed by atoms with van der Waals surface area (Å²) >= 11 is 0. The fourth-order valence-electron chi connectivity index (χ4n) is 0.0500. The van der Waals surface area contributed by atoms with E-state index in [0.29, 0.717) is 0 Å². The molecule has 3 nitrogen and oxygen atoms in total. The lowest BCUT2D eigenvalue weighted by Crippen LogP contribution is -2.15. The summed E-state index contributed by atoms with van der Waals surface area (Å²) < 4.78 is 6.48. The normalized spacial score (nSPS) is 22.2. The first kappa shape index (κ1) is 4.05. The summed E-state index contributed by atoms with van der Waals surface area (Å²) in [6.07, 6.45) is -2.06. The zero-order chi connectivity index (χ0) is 5.91. The monoisotopic (exact) mass is 94.1 g/mol. The van der Waals surface area contributed by atoms with Gasteiger partial charge < -0.3 is 15.3 Å². The van der Waals surface area contributed by atoms with E-state index in [1.807, 2.05) is 0 Å². The Morgan fingerprint density at radius 3 is 1.83 bits per heavy atom. The van der Waals surface area contributed by atoms with Crippen molar-refractivity contribution in [3.05, 3.63) is 0 Å². The van der Waals surface area contributed by atoms with Gasteiger partial charge in [-0.1, -0.05) is 0 Å². The molecule has 0 aromatic heterocycles. The van der Waals surface area contributed by atoms with Gasteiger partial charge in [0.1, 0.15) is 6.08 Å². The van der Waals surface area contributed by atoms with Crippen LogP contribution in [0.5, 0.6) is 0 Å². The molecule has 38 valence electrons. The van der Waals surface area contributed by atoms with Crippen LogP contribution in [-0.4, -0.2) is 34.6 Å². The summed E-state index contributed by atoms with van der Waals surface area (Å²) in [6, 6.07) is 0. The Morgan fingerprint density at radius 2 is 1.83 bits per heavy atom. The third kappa shape index (κ3) is 2.14. The molecule has 0 radical (unpaired) electrons. The molecule has 0 spiro atoms. The van der Waals surface area contributed by atoms with Gasteiger partial charge >= 0.3 is 0 Å². The van der Waals surface area contributed by atoms with Crippen molar-refractivity contribution in [3.63, 3.8) is 0 Å². The van der Waals surface area contributed by atoms with Gasteiger partial charge in [0.05, 0.1) is 14.6 Å². The summed E-state index contributed by atoms with van der Waals surface area (Å²) in [5.74, 6) is 0. The van der Waals surface area contributed by atoms with E-state index in [9.17, 15) is 0 Å². The average molecular weight is 94.1 g/mol. The van der Waals surface area contributed by atoms with Crippen LogP contribution in [-0.2, 0) is 0 Å². The van der Waals surface area contributed by atoms with E-state index in [0.717, 1.165) is 0 Å². The molecule has 3 N–H and O–H groups in total. The highest BCUT2D eigenvalue weighted by Gasteiger charge is 1.93. The molecule has 6 heavy (non-hydrogen) atoms. The van der Waals surface area contributed by atoms with Crippen LogP contribution in [0.2, 0.25) is 0 Å². The van der Waals surface area contributed by atoms with Crippen LogP contribution >= 0.6 is 0 Å². The number of hydrogen-bond acceptors (Lipinski definition) is 3. The molecule has 0 unspecified atom stereocenters. The number of rotatable bonds is 2. The number of aliphatic hydroxyl groups is 3. The second-order valence-electron chi connectivity index (χ2n) is 0.882. The van der Waals surface area contributed by atoms with E-state index >= 15 is 0 Å². The Morgan fingerprint density at radius 1 is 1.50 bits per heavy atom. The van der Waals surface area contributed by atoms with E-state index in [2.05, 4.69) is 0 Å². The highest BCUT2D eigenvalue weighted by Crippen LogP contribution is 1.71. The number of aliphatic hydroxyl groups excluding tert-OH is 2. The standard InChI is InChI=1S/C3H8O3/c4-1-3(6)2-5/h3-6H,1-2H2/i1+1,3D/t3-/m0/s1. The van der Waals surface area contributed by atoms with Crippen molar-refractivity contribution in [2.75, 3.05) is 13.2 Å². The molecule has 0 aromatic carbocycles. The van der Waals surface area contributed by atoms with Crippen molar-refractivity contribution in [1.82, 2.24) is 0 Å². The highest BCUT2D eigenvalue weighted by atomic mass is 16.4. The smallest absolute Gasteiger partial charge is 0.100 e. The van der Waals surface area contributed by atoms with E-state index in [-0.39, 0.29) is 0 Å². The van der Waals surface area contributed by atoms with Gasteiger partial charge in [-0.25, -0.2) is 0 Å². The lowest BCUT2D eigenvalue weighted by Gasteiger charge is -1.96. The molecule has 0 aromatic rings. The molecule has 0 saturated carbocycles. The highest BCUT2D eigenvalue weighted by molar-refractivity contribution is 4.43. The quantitative estimate of drug-likeness (QED) is 0.359. The predicted octanol–water partition coefficient (Wildman–Crippen LogP) is -1.67. The summed E-state index contributed by atoms with van der Waals surface area (Å²) in [6.45, 7) is -1.47. The van der Waals surface area contributed by atoms with Crippen LogP contribution in [0.25, 0.3) is 0 Å². The van der Waals surface area contributed by atoms with E-state index in [1.54, 1.807) is 0 Å². The predicted molar refractivity (Wildman–Crippen MR) is 20.2 cm³/mol. The second-order valence-corrected chi connectivity index (χ2v) is 0.882. The van der Waals surface area contributed by atoms with E-state index in [4.69, 9.17) is 16.7 Å². The molecule has 0 bridgehead atoms. The molecule has 0 amide bonds. The fourth-order valence-corrected chi connectivity index (χ4v) is 0.0500. The summed E-state index contributed by atoms with van der Waals surface area (Å²) in [4.78, 5) is 0. The minimum atomic E-state index is -2.06. The van der Waals surface area contributed by atoms with Gasteiger partial charge in [0, 0.05) is 0 Å².